The number of hydrogen-bond donors (Lipinski definition) is 2. The van der Waals surface area contributed by atoms with Crippen LogP contribution in [0.15, 0.2) is 42.6 Å². The molecule has 0 aliphatic carbocycles. The van der Waals surface area contributed by atoms with Crippen molar-refractivity contribution in [3.63, 3.8) is 0 Å². The van der Waals surface area contributed by atoms with Gasteiger partial charge in [0, 0.05) is 5.56 Å². The molecule has 0 saturated carbocycles. The monoisotopic (exact) mass is 295 g/mol. The number of aromatic amines is 1. The fraction of sp³-hybridized carbons (Fsp3) is 0.278. The fourth-order valence-electron chi connectivity index (χ4n) is 2.71. The molecule has 22 heavy (non-hydrogen) atoms. The first-order valence-corrected chi connectivity index (χ1v) is 7.61. The van der Waals surface area contributed by atoms with Crippen LogP contribution in [0.4, 0.5) is 0 Å². The lowest BCUT2D eigenvalue weighted by atomic mass is 10.1. The molecule has 0 spiro atoms. The van der Waals surface area contributed by atoms with Gasteiger partial charge in [0.1, 0.15) is 11.6 Å². The summed E-state index contributed by atoms with van der Waals surface area (Å²) in [5.74, 6) is 1.28. The Labute approximate surface area is 130 Å². The molecule has 1 heterocycles. The summed E-state index contributed by atoms with van der Waals surface area (Å²) in [6, 6.07) is 11.6. The van der Waals surface area contributed by atoms with E-state index in [0.717, 1.165) is 47.4 Å². The van der Waals surface area contributed by atoms with Crippen LogP contribution in [0.5, 0.6) is 5.75 Å². The van der Waals surface area contributed by atoms with Crippen molar-refractivity contribution in [2.75, 3.05) is 13.6 Å². The number of hydrogen-bond acceptors (Lipinski definition) is 3. The lowest BCUT2D eigenvalue weighted by Crippen LogP contribution is -2.19. The molecule has 0 aliphatic rings. The molecule has 4 heteroatoms. The minimum absolute atomic E-state index is 0.294. The van der Waals surface area contributed by atoms with E-state index in [1.807, 2.05) is 18.3 Å². The summed E-state index contributed by atoms with van der Waals surface area (Å²) in [7, 11) is 2.11. The first-order valence-electron chi connectivity index (χ1n) is 7.61. The zero-order valence-electron chi connectivity index (χ0n) is 13.0. The summed E-state index contributed by atoms with van der Waals surface area (Å²) in [4.78, 5) is 10.1. The second kappa shape index (κ2) is 6.20. The minimum atomic E-state index is 0.294. The van der Waals surface area contributed by atoms with Crippen LogP contribution in [0.2, 0.25) is 0 Å². The molecule has 0 radical (unpaired) electrons. The highest BCUT2D eigenvalue weighted by Gasteiger charge is 2.06. The van der Waals surface area contributed by atoms with Crippen LogP contribution in [-0.4, -0.2) is 33.6 Å². The normalized spacial score (nSPS) is 11.4. The molecule has 0 unspecified atom stereocenters. The van der Waals surface area contributed by atoms with Gasteiger partial charge in [-0.1, -0.05) is 25.1 Å². The van der Waals surface area contributed by atoms with Crippen molar-refractivity contribution < 1.29 is 5.11 Å². The maximum atomic E-state index is 9.53. The van der Waals surface area contributed by atoms with E-state index in [1.54, 1.807) is 12.1 Å². The van der Waals surface area contributed by atoms with Gasteiger partial charge >= 0.3 is 0 Å². The van der Waals surface area contributed by atoms with E-state index >= 15 is 0 Å². The highest BCUT2D eigenvalue weighted by Crippen LogP contribution is 2.25. The van der Waals surface area contributed by atoms with Gasteiger partial charge in [-0.25, -0.2) is 4.98 Å². The average Bonchev–Trinajstić information content (AvgIpc) is 2.95. The smallest absolute Gasteiger partial charge is 0.120 e. The quantitative estimate of drug-likeness (QED) is 0.753. The van der Waals surface area contributed by atoms with Gasteiger partial charge in [0.2, 0.25) is 0 Å². The van der Waals surface area contributed by atoms with Crippen molar-refractivity contribution in [2.45, 2.75) is 19.9 Å². The lowest BCUT2D eigenvalue weighted by Gasteiger charge is -2.13. The third kappa shape index (κ3) is 3.12. The highest BCUT2D eigenvalue weighted by molar-refractivity contribution is 5.87. The first kappa shape index (κ1) is 14.6. The van der Waals surface area contributed by atoms with Crippen molar-refractivity contribution in [3.05, 3.63) is 48.4 Å². The van der Waals surface area contributed by atoms with Crippen molar-refractivity contribution in [1.29, 1.82) is 0 Å². The Morgan fingerprint density at radius 3 is 2.73 bits per heavy atom. The van der Waals surface area contributed by atoms with Gasteiger partial charge < -0.3 is 10.1 Å². The van der Waals surface area contributed by atoms with Crippen LogP contribution in [-0.2, 0) is 6.54 Å². The third-order valence-corrected chi connectivity index (χ3v) is 3.79. The van der Waals surface area contributed by atoms with E-state index in [-0.39, 0.29) is 0 Å². The molecular formula is C18H21N3O. The van der Waals surface area contributed by atoms with Crippen LogP contribution in [0.25, 0.3) is 22.0 Å². The number of aromatic nitrogens is 2. The van der Waals surface area contributed by atoms with E-state index in [2.05, 4.69) is 41.0 Å². The molecule has 0 aliphatic heterocycles. The summed E-state index contributed by atoms with van der Waals surface area (Å²) in [5.41, 5.74) is 2.13. The molecule has 3 aromatic rings. The SMILES string of the molecule is CCCN(C)Cc1ncc(-c2ccc3cc(O)ccc3c2)[nH]1. The molecular weight excluding hydrogens is 274 g/mol. The van der Waals surface area contributed by atoms with Crippen LogP contribution < -0.4 is 0 Å². The number of nitrogens with zero attached hydrogens (tertiary/aromatic N) is 2. The van der Waals surface area contributed by atoms with Crippen molar-refractivity contribution in [3.8, 4) is 17.0 Å². The Balaban J connectivity index is 1.85. The summed E-state index contributed by atoms with van der Waals surface area (Å²) >= 11 is 0. The first-order chi connectivity index (χ1) is 10.7. The number of nitrogens with one attached hydrogen (secondary N) is 1. The van der Waals surface area contributed by atoms with Gasteiger partial charge in [-0.2, -0.15) is 0 Å². The third-order valence-electron chi connectivity index (χ3n) is 3.79. The Morgan fingerprint density at radius 2 is 1.91 bits per heavy atom. The molecule has 114 valence electrons. The van der Waals surface area contributed by atoms with Crippen molar-refractivity contribution in [2.24, 2.45) is 0 Å². The van der Waals surface area contributed by atoms with Crippen molar-refractivity contribution >= 4 is 10.8 Å². The second-order valence-electron chi connectivity index (χ2n) is 5.73. The van der Waals surface area contributed by atoms with Gasteiger partial charge in [-0.3, -0.25) is 4.90 Å². The molecule has 3 rings (SSSR count). The molecule has 0 fully saturated rings. The number of fused-ring (bicyclic) bond motifs is 1. The van der Waals surface area contributed by atoms with E-state index in [4.69, 9.17) is 0 Å². The topological polar surface area (TPSA) is 52.1 Å². The average molecular weight is 295 g/mol. The molecule has 0 atom stereocenters. The molecule has 2 aromatic carbocycles. The van der Waals surface area contributed by atoms with Crippen LogP contribution >= 0.6 is 0 Å². The largest absolute Gasteiger partial charge is 0.508 e. The molecule has 4 nitrogen and oxygen atoms in total. The summed E-state index contributed by atoms with van der Waals surface area (Å²) < 4.78 is 0. The van der Waals surface area contributed by atoms with E-state index in [0.29, 0.717) is 5.75 Å². The van der Waals surface area contributed by atoms with Gasteiger partial charge in [0.05, 0.1) is 18.4 Å². The predicted molar refractivity (Wildman–Crippen MR) is 89.8 cm³/mol. The number of imidazole rings is 1. The zero-order valence-corrected chi connectivity index (χ0v) is 13.0. The molecule has 0 saturated heterocycles. The standard InChI is InChI=1S/C18H21N3O/c1-3-8-21(2)12-18-19-11-17(20-18)15-5-4-14-10-16(22)7-6-13(14)9-15/h4-7,9-11,22H,3,8,12H2,1-2H3,(H,19,20). The number of rotatable bonds is 5. The van der Waals surface area contributed by atoms with E-state index < -0.39 is 0 Å². The maximum Gasteiger partial charge on any atom is 0.120 e. The second-order valence-corrected chi connectivity index (χ2v) is 5.73. The Kier molecular flexibility index (Phi) is 4.11. The number of phenols is 1. The number of benzene rings is 2. The van der Waals surface area contributed by atoms with E-state index in [1.165, 1.54) is 0 Å². The van der Waals surface area contributed by atoms with Crippen molar-refractivity contribution in [1.82, 2.24) is 14.9 Å². The van der Waals surface area contributed by atoms with E-state index in [9.17, 15) is 5.11 Å². The van der Waals surface area contributed by atoms with Gasteiger partial charge in [-0.15, -0.1) is 0 Å². The van der Waals surface area contributed by atoms with Gasteiger partial charge in [0.25, 0.3) is 0 Å². The van der Waals surface area contributed by atoms with Crippen LogP contribution in [0, 0.1) is 0 Å². The predicted octanol–water partition coefficient (Wildman–Crippen LogP) is 3.78. The Hall–Kier alpha value is -2.33. The zero-order chi connectivity index (χ0) is 15.5. The molecule has 2 N–H and O–H groups in total. The van der Waals surface area contributed by atoms with Gasteiger partial charge in [0.15, 0.2) is 0 Å². The molecule has 0 bridgehead atoms. The summed E-state index contributed by atoms with van der Waals surface area (Å²) in [6.07, 6.45) is 3.03. The Bertz CT molecular complexity index is 779. The maximum absolute atomic E-state index is 9.53. The number of phenolic OH excluding ortho intramolecular Hbond substituents is 1. The molecule has 1 aromatic heterocycles. The number of aromatic hydroxyl groups is 1. The van der Waals surface area contributed by atoms with Gasteiger partial charge in [-0.05, 0) is 49.0 Å². The summed E-state index contributed by atoms with van der Waals surface area (Å²) in [5, 5.41) is 11.7. The summed E-state index contributed by atoms with van der Waals surface area (Å²) in [6.45, 7) is 4.07. The minimum Gasteiger partial charge on any atom is -0.508 e. The Morgan fingerprint density at radius 1 is 1.14 bits per heavy atom. The lowest BCUT2D eigenvalue weighted by molar-refractivity contribution is 0.320. The van der Waals surface area contributed by atoms with Crippen LogP contribution in [0.3, 0.4) is 0 Å². The highest BCUT2D eigenvalue weighted by atomic mass is 16.3. The van der Waals surface area contributed by atoms with Crippen LogP contribution in [0.1, 0.15) is 19.2 Å². The molecule has 0 amide bonds. The number of H-pyrrole nitrogens is 1. The fourth-order valence-corrected chi connectivity index (χ4v) is 2.71.